The number of carboxylic acid groups (broad SMARTS) is 1. The number of nitrogens with zero attached hydrogens (tertiary/aromatic N) is 1. The number of urea groups is 1. The maximum atomic E-state index is 11.6. The van der Waals surface area contributed by atoms with Crippen molar-refractivity contribution in [1.82, 2.24) is 10.2 Å². The molecular formula is C12H18N2O3. The quantitative estimate of drug-likeness (QED) is 0.715. The Morgan fingerprint density at radius 2 is 2.06 bits per heavy atom. The van der Waals surface area contributed by atoms with Gasteiger partial charge < -0.3 is 15.3 Å². The first-order valence-corrected chi connectivity index (χ1v) is 5.81. The Kier molecular flexibility index (Phi) is 5.34. The minimum atomic E-state index is -0.751. The third-order valence-corrected chi connectivity index (χ3v) is 3.01. The normalized spacial score (nSPS) is 16.3. The number of nitrogens with one attached hydrogen (secondary N) is 1. The van der Waals surface area contributed by atoms with Gasteiger partial charge in [-0.15, -0.1) is 6.42 Å². The predicted molar refractivity (Wildman–Crippen MR) is 63.4 cm³/mol. The Bertz CT molecular complexity index is 314. The number of terminal acetylenes is 1. The number of carboxylic acids is 1. The topological polar surface area (TPSA) is 69.6 Å². The molecule has 0 saturated carbocycles. The summed E-state index contributed by atoms with van der Waals surface area (Å²) in [7, 11) is 0. The molecule has 0 unspecified atom stereocenters. The average Bonchev–Trinajstić information content (AvgIpc) is 2.34. The van der Waals surface area contributed by atoms with Crippen LogP contribution in [-0.2, 0) is 4.79 Å². The highest BCUT2D eigenvalue weighted by Crippen LogP contribution is 2.21. The molecule has 0 atom stereocenters. The van der Waals surface area contributed by atoms with Crippen molar-refractivity contribution in [2.45, 2.75) is 25.7 Å². The lowest BCUT2D eigenvalue weighted by atomic mass is 9.92. The molecular weight excluding hydrogens is 220 g/mol. The van der Waals surface area contributed by atoms with Crippen molar-refractivity contribution in [3.63, 3.8) is 0 Å². The van der Waals surface area contributed by atoms with Gasteiger partial charge in [-0.25, -0.2) is 4.79 Å². The molecule has 5 nitrogen and oxygen atoms in total. The van der Waals surface area contributed by atoms with Crippen LogP contribution in [0.5, 0.6) is 0 Å². The molecule has 0 bridgehead atoms. The summed E-state index contributed by atoms with van der Waals surface area (Å²) in [5.74, 6) is 2.02. The molecule has 0 radical (unpaired) electrons. The number of piperidine rings is 1. The molecule has 17 heavy (non-hydrogen) atoms. The summed E-state index contributed by atoms with van der Waals surface area (Å²) < 4.78 is 0. The fourth-order valence-electron chi connectivity index (χ4n) is 1.99. The van der Waals surface area contributed by atoms with Crippen LogP contribution in [0.4, 0.5) is 4.79 Å². The fraction of sp³-hybridized carbons (Fsp3) is 0.667. The van der Waals surface area contributed by atoms with Crippen LogP contribution >= 0.6 is 0 Å². The lowest BCUT2D eigenvalue weighted by Gasteiger charge is -2.31. The van der Waals surface area contributed by atoms with Crippen molar-refractivity contribution < 1.29 is 14.7 Å². The second-order valence-electron chi connectivity index (χ2n) is 4.23. The van der Waals surface area contributed by atoms with E-state index in [0.29, 0.717) is 25.4 Å². The van der Waals surface area contributed by atoms with Gasteiger partial charge in [-0.1, -0.05) is 5.92 Å². The van der Waals surface area contributed by atoms with E-state index in [1.54, 1.807) is 4.90 Å². The van der Waals surface area contributed by atoms with Gasteiger partial charge in [0, 0.05) is 19.5 Å². The second kappa shape index (κ2) is 6.79. The molecule has 5 heteroatoms. The molecule has 2 N–H and O–H groups in total. The number of likely N-dealkylation sites (tertiary alicyclic amines) is 1. The predicted octanol–water partition coefficient (Wildman–Crippen LogP) is 0.906. The molecule has 1 fully saturated rings. The van der Waals surface area contributed by atoms with Crippen LogP contribution in [0.1, 0.15) is 25.7 Å². The molecule has 0 aromatic carbocycles. The van der Waals surface area contributed by atoms with E-state index in [-0.39, 0.29) is 19.0 Å². The van der Waals surface area contributed by atoms with E-state index in [9.17, 15) is 9.59 Å². The molecule has 94 valence electrons. The summed E-state index contributed by atoms with van der Waals surface area (Å²) in [5, 5.41) is 11.2. The zero-order chi connectivity index (χ0) is 12.7. The summed E-state index contributed by atoms with van der Waals surface area (Å²) >= 11 is 0. The Balaban J connectivity index is 2.23. The Hall–Kier alpha value is -1.70. The van der Waals surface area contributed by atoms with Gasteiger partial charge in [0.2, 0.25) is 0 Å². The highest BCUT2D eigenvalue weighted by molar-refractivity contribution is 5.74. The summed E-state index contributed by atoms with van der Waals surface area (Å²) in [4.78, 5) is 23.7. The molecule has 0 aliphatic carbocycles. The average molecular weight is 238 g/mol. The molecule has 2 amide bonds. The van der Waals surface area contributed by atoms with Crippen LogP contribution in [0.25, 0.3) is 0 Å². The summed E-state index contributed by atoms with van der Waals surface area (Å²) in [6.07, 6.45) is 7.72. The second-order valence-corrected chi connectivity index (χ2v) is 4.23. The Morgan fingerprint density at radius 3 is 2.59 bits per heavy atom. The number of aliphatic carboxylic acids is 1. The zero-order valence-electron chi connectivity index (χ0n) is 9.82. The molecule has 1 heterocycles. The van der Waals surface area contributed by atoms with E-state index in [1.807, 2.05) is 0 Å². The summed E-state index contributed by atoms with van der Waals surface area (Å²) in [6.45, 7) is 1.61. The molecule has 0 aromatic rings. The summed E-state index contributed by atoms with van der Waals surface area (Å²) in [5.41, 5.74) is 0. The molecule has 0 spiro atoms. The first-order chi connectivity index (χ1) is 8.13. The highest BCUT2D eigenvalue weighted by Gasteiger charge is 2.22. The van der Waals surface area contributed by atoms with Gasteiger partial charge in [-0.2, -0.15) is 0 Å². The molecule has 1 aliphatic heterocycles. The smallest absolute Gasteiger partial charge is 0.318 e. The number of amides is 2. The van der Waals surface area contributed by atoms with Crippen molar-refractivity contribution in [2.75, 3.05) is 19.6 Å². The zero-order valence-corrected chi connectivity index (χ0v) is 9.82. The maximum absolute atomic E-state index is 11.6. The maximum Gasteiger partial charge on any atom is 0.318 e. The molecule has 1 aliphatic rings. The fourth-order valence-corrected chi connectivity index (χ4v) is 1.99. The van der Waals surface area contributed by atoms with E-state index < -0.39 is 5.97 Å². The minimum Gasteiger partial charge on any atom is -0.481 e. The van der Waals surface area contributed by atoms with Crippen LogP contribution < -0.4 is 5.32 Å². The molecule has 1 saturated heterocycles. The van der Waals surface area contributed by atoms with Crippen LogP contribution in [0.15, 0.2) is 0 Å². The van der Waals surface area contributed by atoms with Gasteiger partial charge in [0.05, 0.1) is 6.54 Å². The standard InChI is InChI=1S/C12H18N2O3/c1-2-7-13-12(17)14-8-5-10(6-9-14)3-4-11(15)16/h1,10H,3-9H2,(H,13,17)(H,15,16). The summed E-state index contributed by atoms with van der Waals surface area (Å²) in [6, 6.07) is -0.125. The van der Waals surface area contributed by atoms with Crippen molar-refractivity contribution in [3.05, 3.63) is 0 Å². The van der Waals surface area contributed by atoms with Gasteiger partial charge in [0.25, 0.3) is 0 Å². The van der Waals surface area contributed by atoms with Crippen molar-refractivity contribution in [3.8, 4) is 12.3 Å². The van der Waals surface area contributed by atoms with Gasteiger partial charge in [0.1, 0.15) is 0 Å². The van der Waals surface area contributed by atoms with Crippen molar-refractivity contribution >= 4 is 12.0 Å². The molecule has 1 rings (SSSR count). The Morgan fingerprint density at radius 1 is 1.41 bits per heavy atom. The third-order valence-electron chi connectivity index (χ3n) is 3.01. The first kappa shape index (κ1) is 13.4. The van der Waals surface area contributed by atoms with Gasteiger partial charge in [0.15, 0.2) is 0 Å². The van der Waals surface area contributed by atoms with E-state index >= 15 is 0 Å². The number of hydrogen-bond acceptors (Lipinski definition) is 2. The number of hydrogen-bond donors (Lipinski definition) is 2. The molecule has 0 aromatic heterocycles. The van der Waals surface area contributed by atoms with Crippen LogP contribution in [0, 0.1) is 18.3 Å². The largest absolute Gasteiger partial charge is 0.481 e. The van der Waals surface area contributed by atoms with E-state index in [0.717, 1.165) is 12.8 Å². The Labute approximate surface area is 101 Å². The highest BCUT2D eigenvalue weighted by atomic mass is 16.4. The lowest BCUT2D eigenvalue weighted by Crippen LogP contribution is -2.44. The van der Waals surface area contributed by atoms with Crippen molar-refractivity contribution in [2.24, 2.45) is 5.92 Å². The van der Waals surface area contributed by atoms with Gasteiger partial charge in [-0.3, -0.25) is 4.79 Å². The number of rotatable bonds is 4. The van der Waals surface area contributed by atoms with E-state index in [2.05, 4.69) is 11.2 Å². The van der Waals surface area contributed by atoms with Gasteiger partial charge >= 0.3 is 12.0 Å². The number of carbonyl (C=O) groups is 2. The van der Waals surface area contributed by atoms with Crippen molar-refractivity contribution in [1.29, 1.82) is 0 Å². The lowest BCUT2D eigenvalue weighted by molar-refractivity contribution is -0.137. The van der Waals surface area contributed by atoms with Crippen LogP contribution in [0.3, 0.4) is 0 Å². The number of carbonyl (C=O) groups excluding carboxylic acids is 1. The SMILES string of the molecule is C#CCNC(=O)N1CCC(CCC(=O)O)CC1. The van der Waals surface area contributed by atoms with Crippen LogP contribution in [0.2, 0.25) is 0 Å². The first-order valence-electron chi connectivity index (χ1n) is 5.81. The van der Waals surface area contributed by atoms with Gasteiger partial charge in [-0.05, 0) is 25.2 Å². The minimum absolute atomic E-state index is 0.125. The van der Waals surface area contributed by atoms with E-state index in [4.69, 9.17) is 11.5 Å². The van der Waals surface area contributed by atoms with Crippen LogP contribution in [-0.4, -0.2) is 41.6 Å². The van der Waals surface area contributed by atoms with E-state index in [1.165, 1.54) is 0 Å². The monoisotopic (exact) mass is 238 g/mol. The third kappa shape index (κ3) is 4.77.